The number of halogens is 1. The van der Waals surface area contributed by atoms with Crippen LogP contribution < -0.4 is 5.32 Å². The number of aliphatic hydroxyl groups is 1. The second-order valence-corrected chi connectivity index (χ2v) is 6.71. The molecule has 0 aliphatic heterocycles. The highest BCUT2D eigenvalue weighted by Crippen LogP contribution is 2.28. The Morgan fingerprint density at radius 1 is 1.12 bits per heavy atom. The van der Waals surface area contributed by atoms with Crippen molar-refractivity contribution in [2.24, 2.45) is 0 Å². The van der Waals surface area contributed by atoms with Crippen molar-refractivity contribution >= 4 is 16.8 Å². The van der Waals surface area contributed by atoms with Crippen LogP contribution in [0.1, 0.15) is 34.0 Å². The molecule has 4 nitrogen and oxygen atoms in total. The van der Waals surface area contributed by atoms with E-state index in [1.54, 1.807) is 12.1 Å². The van der Waals surface area contributed by atoms with E-state index in [0.29, 0.717) is 5.56 Å². The number of nitrogens with one attached hydrogen (secondary N) is 2. The van der Waals surface area contributed by atoms with Crippen LogP contribution >= 0.6 is 0 Å². The fourth-order valence-electron chi connectivity index (χ4n) is 3.37. The van der Waals surface area contributed by atoms with E-state index in [1.165, 1.54) is 12.1 Å². The lowest BCUT2D eigenvalue weighted by Crippen LogP contribution is -2.32. The highest BCUT2D eigenvalue weighted by molar-refractivity contribution is 5.93. The topological polar surface area (TPSA) is 65.1 Å². The number of carbonyl (C=O) groups excluding carboxylic acids is 1. The molecule has 0 saturated carbocycles. The van der Waals surface area contributed by atoms with Gasteiger partial charge in [0.05, 0.1) is 19.1 Å². The van der Waals surface area contributed by atoms with Crippen molar-refractivity contribution in [3.8, 4) is 0 Å². The molecule has 0 aliphatic carbocycles. The lowest BCUT2D eigenvalue weighted by Gasteiger charge is -2.17. The third kappa shape index (κ3) is 3.48. The van der Waals surface area contributed by atoms with Gasteiger partial charge in [0.25, 0.3) is 0 Å². The summed E-state index contributed by atoms with van der Waals surface area (Å²) in [6.45, 7) is 5.79. The maximum Gasteiger partial charge on any atom is 0.225 e. The first-order valence-corrected chi connectivity index (χ1v) is 8.63. The molecule has 1 aromatic heterocycles. The Bertz CT molecular complexity index is 945. The van der Waals surface area contributed by atoms with Crippen LogP contribution in [0.2, 0.25) is 0 Å². The molecule has 0 unspecified atom stereocenters. The molecule has 3 N–H and O–H groups in total. The third-order valence-corrected chi connectivity index (χ3v) is 4.82. The largest absolute Gasteiger partial charge is 0.394 e. The Kier molecular flexibility index (Phi) is 5.09. The van der Waals surface area contributed by atoms with Crippen molar-refractivity contribution in [1.82, 2.24) is 10.3 Å². The molecule has 1 atom stereocenters. The predicted octanol–water partition coefficient (Wildman–Crippen LogP) is 3.62. The molecule has 3 rings (SSSR count). The van der Waals surface area contributed by atoms with Gasteiger partial charge in [-0.3, -0.25) is 4.79 Å². The van der Waals surface area contributed by atoms with Gasteiger partial charge in [0.2, 0.25) is 5.91 Å². The van der Waals surface area contributed by atoms with Crippen molar-refractivity contribution in [3.05, 3.63) is 70.2 Å². The normalized spacial score (nSPS) is 12.3. The number of hydrogen-bond donors (Lipinski definition) is 3. The van der Waals surface area contributed by atoms with Crippen molar-refractivity contribution in [2.45, 2.75) is 33.2 Å². The van der Waals surface area contributed by atoms with Crippen LogP contribution in [-0.4, -0.2) is 22.6 Å². The number of H-pyrrole nitrogens is 1. The number of amides is 1. The summed E-state index contributed by atoms with van der Waals surface area (Å²) in [4.78, 5) is 16.0. The molecule has 1 amide bonds. The number of hydrogen-bond acceptors (Lipinski definition) is 2. The summed E-state index contributed by atoms with van der Waals surface area (Å²) >= 11 is 0. The van der Waals surface area contributed by atoms with Crippen LogP contribution in [0.4, 0.5) is 4.39 Å². The van der Waals surface area contributed by atoms with Gasteiger partial charge in [-0.1, -0.05) is 24.3 Å². The third-order valence-electron chi connectivity index (χ3n) is 4.82. The van der Waals surface area contributed by atoms with Gasteiger partial charge < -0.3 is 15.4 Å². The van der Waals surface area contributed by atoms with Gasteiger partial charge in [-0.2, -0.15) is 0 Å². The summed E-state index contributed by atoms with van der Waals surface area (Å²) in [6, 6.07) is 9.34. The number of rotatable bonds is 5. The Morgan fingerprint density at radius 2 is 1.77 bits per heavy atom. The monoisotopic (exact) mass is 354 g/mol. The molecule has 1 heterocycles. The Morgan fingerprint density at radius 3 is 2.42 bits per heavy atom. The van der Waals surface area contributed by atoms with E-state index < -0.39 is 6.04 Å². The highest BCUT2D eigenvalue weighted by atomic mass is 19.1. The van der Waals surface area contributed by atoms with E-state index in [2.05, 4.69) is 22.4 Å². The standard InChI is InChI=1S/C21H23FN2O2/c1-12-4-5-13(2)21-20(12)17(14(3)23-21)10-19(26)24-18(11-25)15-6-8-16(22)9-7-15/h4-9,18,23,25H,10-11H2,1-3H3,(H,24,26)/t18-/m1/s1. The van der Waals surface area contributed by atoms with Gasteiger partial charge in [-0.15, -0.1) is 0 Å². The molecule has 2 aromatic carbocycles. The summed E-state index contributed by atoms with van der Waals surface area (Å²) in [7, 11) is 0. The molecule has 136 valence electrons. The number of aliphatic hydroxyl groups excluding tert-OH is 1. The fraction of sp³-hybridized carbons (Fsp3) is 0.286. The van der Waals surface area contributed by atoms with Gasteiger partial charge in [-0.25, -0.2) is 4.39 Å². The highest BCUT2D eigenvalue weighted by Gasteiger charge is 2.18. The minimum absolute atomic E-state index is 0.182. The van der Waals surface area contributed by atoms with Crippen LogP contribution in [0.15, 0.2) is 36.4 Å². The lowest BCUT2D eigenvalue weighted by atomic mass is 10.0. The van der Waals surface area contributed by atoms with E-state index in [9.17, 15) is 14.3 Å². The molecule has 0 spiro atoms. The van der Waals surface area contributed by atoms with Crippen molar-refractivity contribution < 1.29 is 14.3 Å². The quantitative estimate of drug-likeness (QED) is 0.655. The molecule has 0 radical (unpaired) electrons. The number of fused-ring (bicyclic) bond motifs is 1. The second-order valence-electron chi connectivity index (χ2n) is 6.71. The average molecular weight is 354 g/mol. The number of aromatic amines is 1. The zero-order chi connectivity index (χ0) is 18.8. The van der Waals surface area contributed by atoms with Gasteiger partial charge in [0.1, 0.15) is 5.82 Å². The van der Waals surface area contributed by atoms with E-state index in [-0.39, 0.29) is 24.8 Å². The van der Waals surface area contributed by atoms with Crippen LogP contribution in [0.5, 0.6) is 0 Å². The summed E-state index contributed by atoms with van der Waals surface area (Å²) in [5.41, 5.74) is 5.92. The van der Waals surface area contributed by atoms with Crippen molar-refractivity contribution in [1.29, 1.82) is 0 Å². The maximum atomic E-state index is 13.1. The zero-order valence-electron chi connectivity index (χ0n) is 15.2. The van der Waals surface area contributed by atoms with Crippen LogP contribution in [0, 0.1) is 26.6 Å². The minimum Gasteiger partial charge on any atom is -0.394 e. The first kappa shape index (κ1) is 18.1. The Hall–Kier alpha value is -2.66. The van der Waals surface area contributed by atoms with Crippen LogP contribution in [0.25, 0.3) is 10.9 Å². The van der Waals surface area contributed by atoms with Gasteiger partial charge in [0, 0.05) is 16.6 Å². The van der Waals surface area contributed by atoms with Crippen LogP contribution in [-0.2, 0) is 11.2 Å². The van der Waals surface area contributed by atoms with Gasteiger partial charge >= 0.3 is 0 Å². The Balaban J connectivity index is 1.84. The fourth-order valence-corrected chi connectivity index (χ4v) is 3.37. The van der Waals surface area contributed by atoms with Gasteiger partial charge in [-0.05, 0) is 55.2 Å². The molecule has 3 aromatic rings. The zero-order valence-corrected chi connectivity index (χ0v) is 15.2. The number of aryl methyl sites for hydroxylation is 3. The molecule has 0 saturated heterocycles. The second kappa shape index (κ2) is 7.30. The SMILES string of the molecule is Cc1[nH]c2c(C)ccc(C)c2c1CC(=O)N[C@H](CO)c1ccc(F)cc1. The number of benzene rings is 2. The first-order chi connectivity index (χ1) is 12.4. The molecule has 0 aliphatic rings. The van der Waals surface area contributed by atoms with E-state index in [4.69, 9.17) is 0 Å². The van der Waals surface area contributed by atoms with E-state index in [1.807, 2.05) is 20.8 Å². The van der Waals surface area contributed by atoms with Gasteiger partial charge in [0.15, 0.2) is 0 Å². The van der Waals surface area contributed by atoms with E-state index in [0.717, 1.165) is 33.3 Å². The van der Waals surface area contributed by atoms with E-state index >= 15 is 0 Å². The van der Waals surface area contributed by atoms with Crippen molar-refractivity contribution in [2.75, 3.05) is 6.61 Å². The van der Waals surface area contributed by atoms with Crippen LogP contribution in [0.3, 0.4) is 0 Å². The lowest BCUT2D eigenvalue weighted by molar-refractivity contribution is -0.121. The summed E-state index contributed by atoms with van der Waals surface area (Å²) in [6.07, 6.45) is 0.216. The smallest absolute Gasteiger partial charge is 0.225 e. The minimum atomic E-state index is -0.559. The Labute approximate surface area is 152 Å². The molecule has 0 bridgehead atoms. The molecule has 5 heteroatoms. The summed E-state index contributed by atoms with van der Waals surface area (Å²) in [5.74, 6) is -0.532. The average Bonchev–Trinajstić information content (AvgIpc) is 2.95. The molecular formula is C21H23FN2O2. The summed E-state index contributed by atoms with van der Waals surface area (Å²) < 4.78 is 13.1. The maximum absolute atomic E-state index is 13.1. The molecule has 0 fully saturated rings. The summed E-state index contributed by atoms with van der Waals surface area (Å²) in [5, 5.41) is 13.5. The first-order valence-electron chi connectivity index (χ1n) is 8.63. The van der Waals surface area contributed by atoms with Crippen molar-refractivity contribution in [3.63, 3.8) is 0 Å². The molecular weight excluding hydrogens is 331 g/mol. The molecule has 26 heavy (non-hydrogen) atoms. The number of carbonyl (C=O) groups is 1. The number of aromatic nitrogens is 1. The predicted molar refractivity (Wildman–Crippen MR) is 101 cm³/mol.